The van der Waals surface area contributed by atoms with Crippen molar-refractivity contribution in [1.82, 2.24) is 9.88 Å². The van der Waals surface area contributed by atoms with Gasteiger partial charge in [0.15, 0.2) is 0 Å². The molecule has 0 spiro atoms. The van der Waals surface area contributed by atoms with Crippen molar-refractivity contribution in [2.24, 2.45) is 0 Å². The van der Waals surface area contributed by atoms with Crippen LogP contribution in [0.2, 0.25) is 10.2 Å². The average molecular weight is 476 g/mol. The van der Waals surface area contributed by atoms with Crippen LogP contribution < -0.4 is 5.32 Å². The summed E-state index contributed by atoms with van der Waals surface area (Å²) in [6.45, 7) is 2.83. The van der Waals surface area contributed by atoms with Crippen molar-refractivity contribution in [2.45, 2.75) is 25.7 Å². The molecule has 4 rings (SSSR count). The molecule has 1 saturated heterocycles. The third-order valence-corrected chi connectivity index (χ3v) is 6.42. The molecule has 166 valence electrons. The Morgan fingerprint density at radius 1 is 1.09 bits per heavy atom. The standard InChI is InChI=1S/C24H21Cl2F2N3O/c1-14-22(30-21-7-4-17(25)12-20(21)28)19(13-29-23(14)26)24(32)31-10-8-16(9-11-31)15-2-5-18(27)6-3-15/h2-7,12-13,16H,8-11H2,1H3,(H,29,30). The lowest BCUT2D eigenvalue weighted by molar-refractivity contribution is 0.0713. The second-order valence-corrected chi connectivity index (χ2v) is 8.62. The van der Waals surface area contributed by atoms with Crippen molar-refractivity contribution >= 4 is 40.5 Å². The zero-order valence-electron chi connectivity index (χ0n) is 17.3. The fourth-order valence-corrected chi connectivity index (χ4v) is 4.26. The van der Waals surface area contributed by atoms with Gasteiger partial charge in [-0.2, -0.15) is 0 Å². The van der Waals surface area contributed by atoms with Crippen LogP contribution in [0.25, 0.3) is 0 Å². The molecule has 4 nitrogen and oxygen atoms in total. The number of halogens is 4. The van der Waals surface area contributed by atoms with E-state index in [0.29, 0.717) is 29.9 Å². The van der Waals surface area contributed by atoms with Gasteiger partial charge >= 0.3 is 0 Å². The number of piperidine rings is 1. The summed E-state index contributed by atoms with van der Waals surface area (Å²) in [5.41, 5.74) is 2.54. The van der Waals surface area contributed by atoms with Gasteiger partial charge in [-0.05, 0) is 61.6 Å². The van der Waals surface area contributed by atoms with Crippen molar-refractivity contribution in [2.75, 3.05) is 18.4 Å². The Bertz CT molecular complexity index is 1150. The van der Waals surface area contributed by atoms with E-state index in [2.05, 4.69) is 10.3 Å². The smallest absolute Gasteiger partial charge is 0.257 e. The molecule has 0 unspecified atom stereocenters. The number of amides is 1. The van der Waals surface area contributed by atoms with Gasteiger partial charge in [0, 0.05) is 29.9 Å². The molecule has 0 saturated carbocycles. The van der Waals surface area contributed by atoms with Crippen LogP contribution in [0.15, 0.2) is 48.7 Å². The maximum absolute atomic E-state index is 14.4. The first-order chi connectivity index (χ1) is 15.3. The summed E-state index contributed by atoms with van der Waals surface area (Å²) < 4.78 is 27.6. The Kier molecular flexibility index (Phi) is 6.63. The summed E-state index contributed by atoms with van der Waals surface area (Å²) >= 11 is 12.0. The fraction of sp³-hybridized carbons (Fsp3) is 0.250. The number of carbonyl (C=O) groups is 1. The quantitative estimate of drug-likeness (QED) is 0.425. The van der Waals surface area contributed by atoms with Crippen molar-refractivity contribution in [3.63, 3.8) is 0 Å². The summed E-state index contributed by atoms with van der Waals surface area (Å²) in [6.07, 6.45) is 2.96. The van der Waals surface area contributed by atoms with Crippen LogP contribution in [-0.4, -0.2) is 28.9 Å². The first-order valence-electron chi connectivity index (χ1n) is 10.3. The summed E-state index contributed by atoms with van der Waals surface area (Å²) in [5.74, 6) is -0.732. The van der Waals surface area contributed by atoms with Gasteiger partial charge in [-0.3, -0.25) is 4.79 Å². The topological polar surface area (TPSA) is 45.2 Å². The zero-order chi connectivity index (χ0) is 22.8. The highest BCUT2D eigenvalue weighted by atomic mass is 35.5. The van der Waals surface area contributed by atoms with E-state index in [-0.39, 0.29) is 33.5 Å². The van der Waals surface area contributed by atoms with E-state index < -0.39 is 5.82 Å². The number of hydrogen-bond donors (Lipinski definition) is 1. The summed E-state index contributed by atoms with van der Waals surface area (Å²) in [6, 6.07) is 10.8. The lowest BCUT2D eigenvalue weighted by atomic mass is 9.89. The van der Waals surface area contributed by atoms with Gasteiger partial charge in [-0.1, -0.05) is 35.3 Å². The highest BCUT2D eigenvalue weighted by Gasteiger charge is 2.27. The molecule has 8 heteroatoms. The molecule has 1 fully saturated rings. The molecule has 0 aliphatic carbocycles. The first-order valence-corrected chi connectivity index (χ1v) is 11.0. The lowest BCUT2D eigenvalue weighted by Crippen LogP contribution is -2.38. The molecule has 1 amide bonds. The number of pyridine rings is 1. The number of aromatic nitrogens is 1. The molecule has 32 heavy (non-hydrogen) atoms. The molecule has 1 N–H and O–H groups in total. The second kappa shape index (κ2) is 9.43. The van der Waals surface area contributed by atoms with E-state index in [0.717, 1.165) is 18.4 Å². The predicted octanol–water partition coefficient (Wildman–Crippen LogP) is 6.74. The van der Waals surface area contributed by atoms with Crippen LogP contribution in [0, 0.1) is 18.6 Å². The third-order valence-electron chi connectivity index (χ3n) is 5.81. The minimum absolute atomic E-state index is 0.184. The lowest BCUT2D eigenvalue weighted by Gasteiger charge is -2.33. The Hall–Kier alpha value is -2.70. The van der Waals surface area contributed by atoms with E-state index in [1.54, 1.807) is 30.0 Å². The summed E-state index contributed by atoms with van der Waals surface area (Å²) in [5, 5.41) is 3.50. The molecular weight excluding hydrogens is 455 g/mol. The van der Waals surface area contributed by atoms with Crippen molar-refractivity contribution in [1.29, 1.82) is 0 Å². The molecule has 1 aromatic heterocycles. The molecule has 1 aliphatic heterocycles. The first kappa shape index (κ1) is 22.5. The third kappa shape index (κ3) is 4.71. The van der Waals surface area contributed by atoms with Crippen LogP contribution in [0.4, 0.5) is 20.2 Å². The number of nitrogens with zero attached hydrogens (tertiary/aromatic N) is 2. The highest BCUT2D eigenvalue weighted by molar-refractivity contribution is 6.31. The van der Waals surface area contributed by atoms with E-state index >= 15 is 0 Å². The highest BCUT2D eigenvalue weighted by Crippen LogP contribution is 2.33. The molecule has 2 heterocycles. The molecule has 0 radical (unpaired) electrons. The number of nitrogens with one attached hydrogen (secondary N) is 1. The maximum Gasteiger partial charge on any atom is 0.257 e. The van der Waals surface area contributed by atoms with Crippen LogP contribution in [0.5, 0.6) is 0 Å². The number of anilines is 2. The van der Waals surface area contributed by atoms with Gasteiger partial charge in [-0.15, -0.1) is 0 Å². The van der Waals surface area contributed by atoms with Crippen molar-refractivity contribution < 1.29 is 13.6 Å². The van der Waals surface area contributed by atoms with E-state index in [1.807, 2.05) is 0 Å². The van der Waals surface area contributed by atoms with E-state index in [1.165, 1.54) is 30.5 Å². The minimum atomic E-state index is -0.539. The van der Waals surface area contributed by atoms with Gasteiger partial charge < -0.3 is 10.2 Å². The number of likely N-dealkylation sites (tertiary alicyclic amines) is 1. The maximum atomic E-state index is 14.4. The molecule has 2 aromatic carbocycles. The number of hydrogen-bond acceptors (Lipinski definition) is 3. The Labute approximate surface area is 195 Å². The number of rotatable bonds is 4. The molecule has 3 aromatic rings. The van der Waals surface area contributed by atoms with Gasteiger partial charge in [0.2, 0.25) is 0 Å². The van der Waals surface area contributed by atoms with Gasteiger partial charge in [-0.25, -0.2) is 13.8 Å². The monoisotopic (exact) mass is 475 g/mol. The van der Waals surface area contributed by atoms with Gasteiger partial charge in [0.25, 0.3) is 5.91 Å². The fourth-order valence-electron chi connectivity index (χ4n) is 3.96. The Morgan fingerprint density at radius 2 is 1.78 bits per heavy atom. The summed E-state index contributed by atoms with van der Waals surface area (Å²) in [4.78, 5) is 19.2. The zero-order valence-corrected chi connectivity index (χ0v) is 18.9. The summed E-state index contributed by atoms with van der Waals surface area (Å²) in [7, 11) is 0. The van der Waals surface area contributed by atoms with Crippen LogP contribution in [0.1, 0.15) is 40.2 Å². The molecule has 0 bridgehead atoms. The predicted molar refractivity (Wildman–Crippen MR) is 123 cm³/mol. The van der Waals surface area contributed by atoms with Gasteiger partial charge in [0.1, 0.15) is 16.8 Å². The average Bonchev–Trinajstić information content (AvgIpc) is 2.79. The van der Waals surface area contributed by atoms with E-state index in [4.69, 9.17) is 23.2 Å². The molecule has 1 aliphatic rings. The van der Waals surface area contributed by atoms with Crippen LogP contribution in [0.3, 0.4) is 0 Å². The second-order valence-electron chi connectivity index (χ2n) is 7.83. The van der Waals surface area contributed by atoms with Crippen molar-refractivity contribution in [3.05, 3.63) is 87.2 Å². The normalized spacial score (nSPS) is 14.5. The number of benzene rings is 2. The van der Waals surface area contributed by atoms with Crippen LogP contribution in [-0.2, 0) is 0 Å². The molecular formula is C24H21Cl2F2N3O. The van der Waals surface area contributed by atoms with Crippen molar-refractivity contribution in [3.8, 4) is 0 Å². The molecule has 0 atom stereocenters. The van der Waals surface area contributed by atoms with Crippen LogP contribution >= 0.6 is 23.2 Å². The number of carbonyl (C=O) groups excluding carboxylic acids is 1. The van der Waals surface area contributed by atoms with E-state index in [9.17, 15) is 13.6 Å². The Morgan fingerprint density at radius 3 is 2.44 bits per heavy atom. The Balaban J connectivity index is 1.55. The SMILES string of the molecule is Cc1c(Cl)ncc(C(=O)N2CCC(c3ccc(F)cc3)CC2)c1Nc1ccc(Cl)cc1F. The minimum Gasteiger partial charge on any atom is -0.352 e. The van der Waals surface area contributed by atoms with Gasteiger partial charge in [0.05, 0.1) is 16.9 Å². The largest absolute Gasteiger partial charge is 0.352 e.